The van der Waals surface area contributed by atoms with Crippen molar-refractivity contribution >= 4 is 27.3 Å². The summed E-state index contributed by atoms with van der Waals surface area (Å²) >= 11 is 5.89. The molecule has 4 rings (SSSR count). The second-order valence-corrected chi connectivity index (χ2v) is 8.67. The minimum Gasteiger partial charge on any atom is -0.459 e. The molecule has 0 spiro atoms. The van der Waals surface area contributed by atoms with Gasteiger partial charge in [-0.3, -0.25) is 0 Å². The highest BCUT2D eigenvalue weighted by atomic mass is 35.5. The van der Waals surface area contributed by atoms with Crippen LogP contribution >= 0.6 is 11.6 Å². The van der Waals surface area contributed by atoms with Crippen LogP contribution in [0.3, 0.4) is 0 Å². The molecule has 0 saturated carbocycles. The Kier molecular flexibility index (Phi) is 5.17. The number of hydrogen-bond acceptors (Lipinski definition) is 6. The van der Waals surface area contributed by atoms with Crippen LogP contribution < -0.4 is 5.32 Å². The molecule has 8 heteroatoms. The normalized spacial score (nSPS) is 12.6. The van der Waals surface area contributed by atoms with Gasteiger partial charge in [0, 0.05) is 5.02 Å². The summed E-state index contributed by atoms with van der Waals surface area (Å²) in [6.07, 6.45) is 1.46. The summed E-state index contributed by atoms with van der Waals surface area (Å²) in [5.74, 6) is 0.450. The van der Waals surface area contributed by atoms with Crippen LogP contribution in [0.25, 0.3) is 11.7 Å². The highest BCUT2D eigenvalue weighted by Crippen LogP contribution is 2.34. The highest BCUT2D eigenvalue weighted by molar-refractivity contribution is 7.91. The van der Waals surface area contributed by atoms with Gasteiger partial charge in [-0.2, -0.15) is 4.98 Å². The van der Waals surface area contributed by atoms with E-state index in [1.165, 1.54) is 30.5 Å². The van der Waals surface area contributed by atoms with Crippen molar-refractivity contribution in [1.82, 2.24) is 4.98 Å². The lowest BCUT2D eigenvalue weighted by Crippen LogP contribution is -2.10. The van der Waals surface area contributed by atoms with Crippen LogP contribution in [-0.2, 0) is 9.84 Å². The Balaban J connectivity index is 1.78. The first-order chi connectivity index (χ1) is 13.9. The van der Waals surface area contributed by atoms with E-state index in [2.05, 4.69) is 10.3 Å². The molecule has 2 aromatic heterocycles. The summed E-state index contributed by atoms with van der Waals surface area (Å²) in [7, 11) is -3.95. The fourth-order valence-electron chi connectivity index (χ4n) is 2.83. The standard InChI is InChI=1S/C21H17ClN2O4S/c1-14(15-6-3-2-4-7-15)23-20-21(24-19(28-20)18-8-5-13-27-18)29(25,26)17-11-9-16(22)10-12-17/h2-14,23H,1H3. The number of halogens is 1. The topological polar surface area (TPSA) is 85.3 Å². The van der Waals surface area contributed by atoms with E-state index in [-0.39, 0.29) is 27.7 Å². The van der Waals surface area contributed by atoms with Gasteiger partial charge in [0.25, 0.3) is 5.89 Å². The number of nitrogens with one attached hydrogen (secondary N) is 1. The second-order valence-electron chi connectivity index (χ2n) is 6.36. The Bertz CT molecular complexity index is 1200. The minimum absolute atomic E-state index is 0.0442. The van der Waals surface area contributed by atoms with Gasteiger partial charge in [0.05, 0.1) is 17.2 Å². The molecular formula is C21H17ClN2O4S. The molecule has 0 saturated heterocycles. The smallest absolute Gasteiger partial charge is 0.266 e. The molecule has 0 fully saturated rings. The lowest BCUT2D eigenvalue weighted by molar-refractivity contribution is 0.520. The third kappa shape index (κ3) is 3.92. The molecule has 4 aromatic rings. The fourth-order valence-corrected chi connectivity index (χ4v) is 4.22. The van der Waals surface area contributed by atoms with E-state index in [1.54, 1.807) is 12.1 Å². The largest absolute Gasteiger partial charge is 0.459 e. The van der Waals surface area contributed by atoms with Crippen LogP contribution in [0.1, 0.15) is 18.5 Å². The molecular weight excluding hydrogens is 412 g/mol. The van der Waals surface area contributed by atoms with Crippen molar-refractivity contribution in [3.63, 3.8) is 0 Å². The molecule has 0 aliphatic heterocycles. The number of oxazole rings is 1. The number of hydrogen-bond donors (Lipinski definition) is 1. The fraction of sp³-hybridized carbons (Fsp3) is 0.0952. The minimum atomic E-state index is -3.95. The molecule has 0 bridgehead atoms. The first kappa shape index (κ1) is 19.3. The number of rotatable bonds is 6. The van der Waals surface area contributed by atoms with Gasteiger partial charge in [-0.1, -0.05) is 41.9 Å². The molecule has 2 aromatic carbocycles. The number of sulfone groups is 1. The van der Waals surface area contributed by atoms with E-state index >= 15 is 0 Å². The summed E-state index contributed by atoms with van der Waals surface area (Å²) < 4.78 is 37.5. The molecule has 1 atom stereocenters. The predicted octanol–water partition coefficient (Wildman–Crippen LogP) is 5.59. The van der Waals surface area contributed by atoms with Gasteiger partial charge in [0.15, 0.2) is 5.76 Å². The maximum atomic E-state index is 13.2. The van der Waals surface area contributed by atoms with E-state index in [4.69, 9.17) is 20.4 Å². The number of benzene rings is 2. The number of aromatic nitrogens is 1. The van der Waals surface area contributed by atoms with Crippen molar-refractivity contribution in [3.05, 3.63) is 83.6 Å². The average Bonchev–Trinajstić information content (AvgIpc) is 3.39. The Morgan fingerprint density at radius 3 is 2.38 bits per heavy atom. The molecule has 0 aliphatic rings. The molecule has 0 radical (unpaired) electrons. The van der Waals surface area contributed by atoms with E-state index < -0.39 is 9.84 Å². The van der Waals surface area contributed by atoms with Gasteiger partial charge in [0.1, 0.15) is 0 Å². The van der Waals surface area contributed by atoms with Crippen LogP contribution in [0.5, 0.6) is 0 Å². The molecule has 0 aliphatic carbocycles. The molecule has 0 amide bonds. The van der Waals surface area contributed by atoms with E-state index in [1.807, 2.05) is 37.3 Å². The lowest BCUT2D eigenvalue weighted by atomic mass is 10.1. The van der Waals surface area contributed by atoms with Crippen molar-refractivity contribution < 1.29 is 17.3 Å². The van der Waals surface area contributed by atoms with Gasteiger partial charge >= 0.3 is 0 Å². The van der Waals surface area contributed by atoms with Crippen LogP contribution in [0.2, 0.25) is 5.02 Å². The summed E-state index contributed by atoms with van der Waals surface area (Å²) in [4.78, 5) is 4.29. The van der Waals surface area contributed by atoms with Gasteiger partial charge in [-0.05, 0) is 48.9 Å². The zero-order valence-corrected chi connectivity index (χ0v) is 16.9. The zero-order chi connectivity index (χ0) is 20.4. The molecule has 148 valence electrons. The average molecular weight is 429 g/mol. The molecule has 2 heterocycles. The third-order valence-electron chi connectivity index (χ3n) is 4.35. The van der Waals surface area contributed by atoms with E-state index in [9.17, 15) is 8.42 Å². The van der Waals surface area contributed by atoms with Gasteiger partial charge < -0.3 is 14.2 Å². The molecule has 1 N–H and O–H groups in total. The van der Waals surface area contributed by atoms with Crippen molar-refractivity contribution in [2.45, 2.75) is 22.9 Å². The van der Waals surface area contributed by atoms with Crippen molar-refractivity contribution in [3.8, 4) is 11.7 Å². The number of furan rings is 1. The quantitative estimate of drug-likeness (QED) is 0.430. The Morgan fingerprint density at radius 1 is 1.00 bits per heavy atom. The second kappa shape index (κ2) is 7.77. The van der Waals surface area contributed by atoms with Crippen molar-refractivity contribution in [2.24, 2.45) is 0 Å². The molecule has 29 heavy (non-hydrogen) atoms. The van der Waals surface area contributed by atoms with E-state index in [0.717, 1.165) is 5.56 Å². The van der Waals surface area contributed by atoms with Gasteiger partial charge in [0.2, 0.25) is 20.7 Å². The van der Waals surface area contributed by atoms with Gasteiger partial charge in [-0.25, -0.2) is 8.42 Å². The molecule has 6 nitrogen and oxygen atoms in total. The third-order valence-corrected chi connectivity index (χ3v) is 6.28. The maximum absolute atomic E-state index is 13.2. The Labute approximate surface area is 173 Å². The lowest BCUT2D eigenvalue weighted by Gasteiger charge is -2.14. The van der Waals surface area contributed by atoms with Crippen LogP contribution in [0, 0.1) is 0 Å². The molecule has 1 unspecified atom stereocenters. The highest BCUT2D eigenvalue weighted by Gasteiger charge is 2.30. The SMILES string of the molecule is CC(Nc1oc(-c2ccco2)nc1S(=O)(=O)c1ccc(Cl)cc1)c1ccccc1. The van der Waals surface area contributed by atoms with E-state index in [0.29, 0.717) is 10.8 Å². The monoisotopic (exact) mass is 428 g/mol. The first-order valence-corrected chi connectivity index (χ1v) is 10.7. The number of nitrogens with zero attached hydrogens (tertiary/aromatic N) is 1. The first-order valence-electron chi connectivity index (χ1n) is 8.82. The zero-order valence-electron chi connectivity index (χ0n) is 15.4. The van der Waals surface area contributed by atoms with Crippen molar-refractivity contribution in [2.75, 3.05) is 5.32 Å². The Morgan fingerprint density at radius 2 is 1.72 bits per heavy atom. The van der Waals surface area contributed by atoms with Crippen molar-refractivity contribution in [1.29, 1.82) is 0 Å². The Hall–Kier alpha value is -3.03. The summed E-state index contributed by atoms with van der Waals surface area (Å²) in [6.45, 7) is 1.91. The summed E-state index contributed by atoms with van der Waals surface area (Å²) in [5.41, 5.74) is 0.971. The van der Waals surface area contributed by atoms with Crippen LogP contribution in [0.4, 0.5) is 5.88 Å². The maximum Gasteiger partial charge on any atom is 0.266 e. The predicted molar refractivity (Wildman–Crippen MR) is 110 cm³/mol. The van der Waals surface area contributed by atoms with Gasteiger partial charge in [-0.15, -0.1) is 0 Å². The van der Waals surface area contributed by atoms with Crippen LogP contribution in [-0.4, -0.2) is 13.4 Å². The van der Waals surface area contributed by atoms with Crippen LogP contribution in [0.15, 0.2) is 91.7 Å². The summed E-state index contributed by atoms with van der Waals surface area (Å²) in [5, 5.41) is 3.35. The number of anilines is 1. The summed E-state index contributed by atoms with van der Waals surface area (Å²) in [6, 6.07) is 18.6.